The number of unbranched alkanes of at least 4 members (excludes halogenated alkanes) is 1. The summed E-state index contributed by atoms with van der Waals surface area (Å²) in [5.41, 5.74) is -1.26. The van der Waals surface area contributed by atoms with Gasteiger partial charge in [0.15, 0.2) is 0 Å². The molecule has 1 rings (SSSR count). The number of thioether (sulfide) groups is 1. The van der Waals surface area contributed by atoms with E-state index in [-0.39, 0.29) is 17.8 Å². The van der Waals surface area contributed by atoms with Crippen molar-refractivity contribution in [3.63, 3.8) is 0 Å². The van der Waals surface area contributed by atoms with Crippen LogP contribution in [-0.2, 0) is 19.1 Å². The largest absolute Gasteiger partial charge is 0.458 e. The minimum atomic E-state index is -0.651. The summed E-state index contributed by atoms with van der Waals surface area (Å²) in [6.07, 6.45) is 2.12. The lowest BCUT2D eigenvalue weighted by Crippen LogP contribution is -2.51. The molecule has 0 aliphatic carbocycles. The maximum absolute atomic E-state index is 12.8. The highest BCUT2D eigenvalue weighted by Crippen LogP contribution is 2.33. The first kappa shape index (κ1) is 23.6. The highest BCUT2D eigenvalue weighted by atomic mass is 32.2. The summed E-state index contributed by atoms with van der Waals surface area (Å²) < 4.78 is 10.7. The average Bonchev–Trinajstić information content (AvgIpc) is 2.91. The van der Waals surface area contributed by atoms with E-state index in [0.717, 1.165) is 19.3 Å². The van der Waals surface area contributed by atoms with Gasteiger partial charge in [0, 0.05) is 5.75 Å². The number of esters is 1. The standard InChI is InChI=1S/C19H34N2O5S/c1-8-9-10-15-21(13(12-27-15)16(23)25-18(2,3)4)14(22)11-20-17(24)26-19(5,6)7/h13,15H,8-12H2,1-7H3,(H,20,24)/t13-,15?/m0/s1. The van der Waals surface area contributed by atoms with Gasteiger partial charge in [-0.3, -0.25) is 4.79 Å². The average molecular weight is 403 g/mol. The number of amides is 2. The van der Waals surface area contributed by atoms with E-state index in [9.17, 15) is 14.4 Å². The number of hydrogen-bond acceptors (Lipinski definition) is 6. The SMILES string of the molecule is CCCCC1SC[C@@H](C(=O)OC(C)(C)C)N1C(=O)CNC(=O)OC(C)(C)C. The van der Waals surface area contributed by atoms with E-state index in [4.69, 9.17) is 9.47 Å². The van der Waals surface area contributed by atoms with Crippen LogP contribution in [-0.4, -0.2) is 57.8 Å². The van der Waals surface area contributed by atoms with Gasteiger partial charge in [-0.15, -0.1) is 11.8 Å². The molecule has 1 aliphatic rings. The van der Waals surface area contributed by atoms with Crippen LogP contribution in [0.25, 0.3) is 0 Å². The molecule has 1 fully saturated rings. The van der Waals surface area contributed by atoms with Crippen LogP contribution in [0, 0.1) is 0 Å². The quantitative estimate of drug-likeness (QED) is 0.686. The second-order valence-corrected chi connectivity index (χ2v) is 9.85. The predicted molar refractivity (Wildman–Crippen MR) is 106 cm³/mol. The maximum atomic E-state index is 12.8. The molecule has 0 aromatic heterocycles. The Morgan fingerprint density at radius 1 is 1.07 bits per heavy atom. The van der Waals surface area contributed by atoms with Gasteiger partial charge in [-0.05, 0) is 48.0 Å². The van der Waals surface area contributed by atoms with E-state index >= 15 is 0 Å². The van der Waals surface area contributed by atoms with Crippen molar-refractivity contribution < 1.29 is 23.9 Å². The molecule has 0 aromatic carbocycles. The van der Waals surface area contributed by atoms with Crippen LogP contribution in [0.4, 0.5) is 4.79 Å². The number of carbonyl (C=O) groups excluding carboxylic acids is 3. The first-order valence-corrected chi connectivity index (χ1v) is 10.5. The minimum absolute atomic E-state index is 0.0876. The lowest BCUT2D eigenvalue weighted by atomic mass is 10.1. The molecule has 0 radical (unpaired) electrons. The molecule has 8 heteroatoms. The van der Waals surface area contributed by atoms with Gasteiger partial charge in [0.1, 0.15) is 23.8 Å². The molecule has 2 atom stereocenters. The van der Waals surface area contributed by atoms with E-state index in [1.54, 1.807) is 58.2 Å². The monoisotopic (exact) mass is 402 g/mol. The van der Waals surface area contributed by atoms with Crippen molar-refractivity contribution in [2.75, 3.05) is 12.3 Å². The Labute approximate surface area is 166 Å². The van der Waals surface area contributed by atoms with Gasteiger partial charge in [-0.1, -0.05) is 19.8 Å². The van der Waals surface area contributed by atoms with E-state index in [2.05, 4.69) is 12.2 Å². The second kappa shape index (κ2) is 9.66. The number of alkyl carbamates (subject to hydrolysis) is 1. The summed E-state index contributed by atoms with van der Waals surface area (Å²) in [5.74, 6) is -0.205. The molecular formula is C19H34N2O5S. The normalized spacial score (nSPS) is 20.3. The zero-order chi connectivity index (χ0) is 20.8. The van der Waals surface area contributed by atoms with Gasteiger partial charge < -0.3 is 19.7 Å². The Morgan fingerprint density at radius 2 is 1.67 bits per heavy atom. The van der Waals surface area contributed by atoms with Crippen LogP contribution in [0.15, 0.2) is 0 Å². The van der Waals surface area contributed by atoms with E-state index in [1.807, 2.05) is 0 Å². The third kappa shape index (κ3) is 8.41. The molecule has 1 saturated heterocycles. The van der Waals surface area contributed by atoms with Gasteiger partial charge >= 0.3 is 12.1 Å². The van der Waals surface area contributed by atoms with Gasteiger partial charge in [0.2, 0.25) is 5.91 Å². The Kier molecular flexibility index (Phi) is 8.45. The highest BCUT2D eigenvalue weighted by molar-refractivity contribution is 8.00. The number of nitrogens with one attached hydrogen (secondary N) is 1. The first-order chi connectivity index (χ1) is 12.3. The molecular weight excluding hydrogens is 368 g/mol. The zero-order valence-corrected chi connectivity index (χ0v) is 18.4. The molecule has 1 aliphatic heterocycles. The topological polar surface area (TPSA) is 84.9 Å². The Morgan fingerprint density at radius 3 is 2.19 bits per heavy atom. The smallest absolute Gasteiger partial charge is 0.408 e. The van der Waals surface area contributed by atoms with Crippen LogP contribution in [0.3, 0.4) is 0 Å². The molecule has 27 heavy (non-hydrogen) atoms. The van der Waals surface area contributed by atoms with Crippen molar-refractivity contribution in [1.29, 1.82) is 0 Å². The van der Waals surface area contributed by atoms with E-state index in [1.165, 1.54) is 0 Å². The number of hydrogen-bond donors (Lipinski definition) is 1. The molecule has 1 unspecified atom stereocenters. The van der Waals surface area contributed by atoms with Gasteiger partial charge in [0.05, 0.1) is 5.37 Å². The zero-order valence-electron chi connectivity index (χ0n) is 17.6. The number of carbonyl (C=O) groups is 3. The summed E-state index contributed by atoms with van der Waals surface area (Å²) in [5, 5.41) is 2.40. The molecule has 2 amide bonds. The number of nitrogens with zero attached hydrogens (tertiary/aromatic N) is 1. The molecule has 0 aromatic rings. The second-order valence-electron chi connectivity index (χ2n) is 8.64. The van der Waals surface area contributed by atoms with Crippen molar-refractivity contribution in [3.05, 3.63) is 0 Å². The van der Waals surface area contributed by atoms with Crippen molar-refractivity contribution in [2.24, 2.45) is 0 Å². The van der Waals surface area contributed by atoms with Crippen LogP contribution >= 0.6 is 11.8 Å². The molecule has 0 saturated carbocycles. The van der Waals surface area contributed by atoms with Gasteiger partial charge in [0.25, 0.3) is 0 Å². The van der Waals surface area contributed by atoms with Crippen molar-refractivity contribution >= 4 is 29.7 Å². The molecule has 156 valence electrons. The predicted octanol–water partition coefficient (Wildman–Crippen LogP) is 3.31. The fourth-order valence-corrected chi connectivity index (χ4v) is 4.06. The summed E-state index contributed by atoms with van der Waals surface area (Å²) >= 11 is 1.59. The van der Waals surface area contributed by atoms with Crippen LogP contribution in [0.2, 0.25) is 0 Å². The van der Waals surface area contributed by atoms with Gasteiger partial charge in [-0.2, -0.15) is 0 Å². The minimum Gasteiger partial charge on any atom is -0.458 e. The van der Waals surface area contributed by atoms with E-state index < -0.39 is 29.3 Å². The van der Waals surface area contributed by atoms with Crippen molar-refractivity contribution in [1.82, 2.24) is 10.2 Å². The van der Waals surface area contributed by atoms with E-state index in [0.29, 0.717) is 5.75 Å². The lowest BCUT2D eigenvalue weighted by Gasteiger charge is -2.30. The highest BCUT2D eigenvalue weighted by Gasteiger charge is 2.43. The van der Waals surface area contributed by atoms with Crippen molar-refractivity contribution in [3.8, 4) is 0 Å². The maximum Gasteiger partial charge on any atom is 0.408 e. The Hall–Kier alpha value is -1.44. The fourth-order valence-electron chi connectivity index (χ4n) is 2.60. The summed E-state index contributed by atoms with van der Waals surface area (Å²) in [7, 11) is 0. The van der Waals surface area contributed by atoms with Crippen LogP contribution in [0.1, 0.15) is 67.7 Å². The first-order valence-electron chi connectivity index (χ1n) is 9.46. The summed E-state index contributed by atoms with van der Waals surface area (Å²) in [4.78, 5) is 38.8. The van der Waals surface area contributed by atoms with Crippen molar-refractivity contribution in [2.45, 2.75) is 90.3 Å². The Balaban J connectivity index is 2.80. The van der Waals surface area contributed by atoms with Crippen LogP contribution in [0.5, 0.6) is 0 Å². The van der Waals surface area contributed by atoms with Crippen LogP contribution < -0.4 is 5.32 Å². The molecule has 7 nitrogen and oxygen atoms in total. The molecule has 0 bridgehead atoms. The third-order valence-electron chi connectivity index (χ3n) is 3.65. The molecule has 0 spiro atoms. The summed E-state index contributed by atoms with van der Waals surface area (Å²) in [6, 6.07) is -0.635. The molecule has 1 heterocycles. The molecule has 1 N–H and O–H groups in total. The fraction of sp³-hybridized carbons (Fsp3) is 0.842. The Bertz CT molecular complexity index is 539. The number of ether oxygens (including phenoxy) is 2. The number of rotatable bonds is 6. The lowest BCUT2D eigenvalue weighted by molar-refractivity contribution is -0.163. The van der Waals surface area contributed by atoms with Gasteiger partial charge in [-0.25, -0.2) is 9.59 Å². The third-order valence-corrected chi connectivity index (χ3v) is 5.00. The summed E-state index contributed by atoms with van der Waals surface area (Å²) in [6.45, 7) is 12.5.